The van der Waals surface area contributed by atoms with Crippen molar-refractivity contribution in [2.45, 2.75) is 17.8 Å². The van der Waals surface area contributed by atoms with Crippen LogP contribution in [0.5, 0.6) is 0 Å². The minimum atomic E-state index is -0.830. The van der Waals surface area contributed by atoms with Crippen LogP contribution in [-0.2, 0) is 4.87 Å². The Morgan fingerprint density at radius 2 is 1.39 bits per heavy atom. The fourth-order valence-electron chi connectivity index (χ4n) is 2.64. The molecule has 6 heteroatoms. The van der Waals surface area contributed by atoms with Crippen molar-refractivity contribution < 1.29 is 0 Å². The highest BCUT2D eigenvalue weighted by molar-refractivity contribution is 6.31. The normalized spacial score (nSPS) is 13.0. The molecule has 23 heavy (non-hydrogen) atoms. The maximum absolute atomic E-state index is 7.16. The second kappa shape index (κ2) is 6.52. The summed E-state index contributed by atoms with van der Waals surface area (Å²) in [5.41, 5.74) is 1.85. The van der Waals surface area contributed by atoms with Crippen LogP contribution < -0.4 is 0 Å². The molecule has 0 aliphatic heterocycles. The molecule has 0 amide bonds. The zero-order chi connectivity index (χ0) is 16.4. The van der Waals surface area contributed by atoms with Crippen LogP contribution in [0.4, 0.5) is 0 Å². The van der Waals surface area contributed by atoms with E-state index in [0.29, 0.717) is 10.0 Å². The van der Waals surface area contributed by atoms with Crippen LogP contribution in [0.3, 0.4) is 0 Å². The Kier molecular flexibility index (Phi) is 4.62. The van der Waals surface area contributed by atoms with E-state index in [1.165, 1.54) is 0 Å². The molecular formula is C17H14Cl3N3. The first-order chi connectivity index (χ1) is 11.0. The fraction of sp³-hybridized carbons (Fsp3) is 0.176. The topological polar surface area (TPSA) is 30.7 Å². The summed E-state index contributed by atoms with van der Waals surface area (Å²) in [5.74, 6) is 0. The molecule has 3 nitrogen and oxygen atoms in total. The molecule has 0 saturated carbocycles. The summed E-state index contributed by atoms with van der Waals surface area (Å²) in [6.45, 7) is 2.00. The van der Waals surface area contributed by atoms with Gasteiger partial charge in [0.15, 0.2) is 0 Å². The number of nitrogens with zero attached hydrogens (tertiary/aromatic N) is 3. The number of aromatic nitrogens is 3. The smallest absolute Gasteiger partial charge is 0.116 e. The second-order valence-electron chi connectivity index (χ2n) is 5.28. The van der Waals surface area contributed by atoms with E-state index in [-0.39, 0.29) is 6.04 Å². The highest BCUT2D eigenvalue weighted by Gasteiger charge is 2.39. The lowest BCUT2D eigenvalue weighted by atomic mass is 9.84. The van der Waals surface area contributed by atoms with E-state index in [1.807, 2.05) is 55.5 Å². The fourth-order valence-corrected chi connectivity index (χ4v) is 3.24. The van der Waals surface area contributed by atoms with Gasteiger partial charge in [0, 0.05) is 16.2 Å². The van der Waals surface area contributed by atoms with Gasteiger partial charge in [0.05, 0.1) is 12.2 Å². The van der Waals surface area contributed by atoms with Crippen LogP contribution in [0.2, 0.25) is 10.0 Å². The Hall–Kier alpha value is -1.55. The summed E-state index contributed by atoms with van der Waals surface area (Å²) in [6.07, 6.45) is 3.44. The molecule has 1 atom stereocenters. The summed E-state index contributed by atoms with van der Waals surface area (Å²) in [7, 11) is 0. The first kappa shape index (κ1) is 16.3. The molecule has 1 aromatic heterocycles. The van der Waals surface area contributed by atoms with Gasteiger partial charge in [-0.05, 0) is 42.3 Å². The molecule has 2 aromatic carbocycles. The Balaban J connectivity index is 2.16. The number of alkyl halides is 1. The third-order valence-corrected chi connectivity index (χ3v) is 5.20. The maximum Gasteiger partial charge on any atom is 0.116 e. The monoisotopic (exact) mass is 365 g/mol. The van der Waals surface area contributed by atoms with Crippen molar-refractivity contribution in [1.29, 1.82) is 0 Å². The van der Waals surface area contributed by atoms with Gasteiger partial charge in [-0.1, -0.05) is 52.7 Å². The predicted octanol–water partition coefficient (Wildman–Crippen LogP) is 5.33. The largest absolute Gasteiger partial charge is 0.247 e. The Bertz CT molecular complexity index is 722. The van der Waals surface area contributed by atoms with Gasteiger partial charge < -0.3 is 0 Å². The number of hydrogen-bond acceptors (Lipinski definition) is 2. The van der Waals surface area contributed by atoms with Crippen molar-refractivity contribution in [3.63, 3.8) is 0 Å². The van der Waals surface area contributed by atoms with Crippen molar-refractivity contribution in [3.05, 3.63) is 82.1 Å². The third-order valence-electron chi connectivity index (χ3n) is 3.94. The number of benzene rings is 2. The van der Waals surface area contributed by atoms with Crippen molar-refractivity contribution in [2.75, 3.05) is 0 Å². The van der Waals surface area contributed by atoms with Gasteiger partial charge in [-0.25, -0.2) is 4.68 Å². The summed E-state index contributed by atoms with van der Waals surface area (Å²) in [6, 6.07) is 14.9. The summed E-state index contributed by atoms with van der Waals surface area (Å²) < 4.78 is 1.75. The molecule has 0 bridgehead atoms. The van der Waals surface area contributed by atoms with Gasteiger partial charge in [-0.3, -0.25) is 0 Å². The highest BCUT2D eigenvalue weighted by Crippen LogP contribution is 2.45. The standard InChI is InChI=1S/C17H14Cl3N3/c1-12(23-11-10-21-22-23)17(20,13-2-6-15(18)7-3-13)14-4-8-16(19)9-5-14/h2-12H,1H3. The van der Waals surface area contributed by atoms with Gasteiger partial charge in [0.2, 0.25) is 0 Å². The molecule has 3 rings (SSSR count). The van der Waals surface area contributed by atoms with Gasteiger partial charge in [-0.15, -0.1) is 16.7 Å². The van der Waals surface area contributed by atoms with Gasteiger partial charge in [-0.2, -0.15) is 0 Å². The number of rotatable bonds is 4. The average molecular weight is 367 g/mol. The van der Waals surface area contributed by atoms with Crippen LogP contribution in [-0.4, -0.2) is 15.0 Å². The molecule has 0 aliphatic rings. The quantitative estimate of drug-likeness (QED) is 0.584. The third kappa shape index (κ3) is 3.09. The maximum atomic E-state index is 7.16. The SMILES string of the molecule is CC(n1ccnn1)C(Cl)(c1ccc(Cl)cc1)c1ccc(Cl)cc1. The molecule has 0 radical (unpaired) electrons. The van der Waals surface area contributed by atoms with E-state index in [9.17, 15) is 0 Å². The van der Waals surface area contributed by atoms with E-state index >= 15 is 0 Å². The lowest BCUT2D eigenvalue weighted by Gasteiger charge is -2.34. The van der Waals surface area contributed by atoms with Crippen LogP contribution in [0.25, 0.3) is 0 Å². The molecular weight excluding hydrogens is 353 g/mol. The predicted molar refractivity (Wildman–Crippen MR) is 94.3 cm³/mol. The Labute approximate surface area is 149 Å². The van der Waals surface area contributed by atoms with Crippen LogP contribution >= 0.6 is 34.8 Å². The minimum Gasteiger partial charge on any atom is -0.247 e. The van der Waals surface area contributed by atoms with E-state index in [2.05, 4.69) is 10.3 Å². The minimum absolute atomic E-state index is 0.172. The summed E-state index contributed by atoms with van der Waals surface area (Å²) >= 11 is 19.2. The summed E-state index contributed by atoms with van der Waals surface area (Å²) in [4.78, 5) is -0.830. The van der Waals surface area contributed by atoms with Gasteiger partial charge in [0.1, 0.15) is 4.87 Å². The molecule has 118 valence electrons. The lowest BCUT2D eigenvalue weighted by Crippen LogP contribution is -2.31. The molecule has 0 saturated heterocycles. The zero-order valence-electron chi connectivity index (χ0n) is 12.3. The van der Waals surface area contributed by atoms with E-state index in [1.54, 1.807) is 17.1 Å². The van der Waals surface area contributed by atoms with E-state index in [0.717, 1.165) is 11.1 Å². The van der Waals surface area contributed by atoms with Crippen molar-refractivity contribution in [1.82, 2.24) is 15.0 Å². The van der Waals surface area contributed by atoms with Crippen LogP contribution in [0.1, 0.15) is 24.1 Å². The van der Waals surface area contributed by atoms with Gasteiger partial charge in [0.25, 0.3) is 0 Å². The number of hydrogen-bond donors (Lipinski definition) is 0. The first-order valence-corrected chi connectivity index (χ1v) is 8.22. The van der Waals surface area contributed by atoms with Crippen LogP contribution in [0.15, 0.2) is 60.9 Å². The summed E-state index contributed by atoms with van der Waals surface area (Å²) in [5, 5.41) is 9.31. The average Bonchev–Trinajstić information content (AvgIpc) is 3.09. The van der Waals surface area contributed by atoms with Crippen molar-refractivity contribution in [2.24, 2.45) is 0 Å². The second-order valence-corrected chi connectivity index (χ2v) is 6.75. The molecule has 0 aliphatic carbocycles. The first-order valence-electron chi connectivity index (χ1n) is 7.08. The van der Waals surface area contributed by atoms with Crippen LogP contribution in [0, 0.1) is 0 Å². The van der Waals surface area contributed by atoms with Crippen molar-refractivity contribution in [3.8, 4) is 0 Å². The Morgan fingerprint density at radius 1 is 0.913 bits per heavy atom. The zero-order valence-corrected chi connectivity index (χ0v) is 14.6. The molecule has 3 aromatic rings. The Morgan fingerprint density at radius 3 is 1.78 bits per heavy atom. The molecule has 0 spiro atoms. The number of halogens is 3. The molecule has 0 N–H and O–H groups in total. The molecule has 1 heterocycles. The van der Waals surface area contributed by atoms with Gasteiger partial charge >= 0.3 is 0 Å². The lowest BCUT2D eigenvalue weighted by molar-refractivity contribution is 0.399. The molecule has 1 unspecified atom stereocenters. The van der Waals surface area contributed by atoms with E-state index < -0.39 is 4.87 Å². The molecule has 0 fully saturated rings. The highest BCUT2D eigenvalue weighted by atomic mass is 35.5. The van der Waals surface area contributed by atoms with E-state index in [4.69, 9.17) is 34.8 Å². The van der Waals surface area contributed by atoms with Crippen molar-refractivity contribution >= 4 is 34.8 Å².